The van der Waals surface area contributed by atoms with Gasteiger partial charge in [-0.1, -0.05) is 61.2 Å². The number of rotatable bonds is 11. The molecule has 0 saturated carbocycles. The number of halogens is 2. The highest BCUT2D eigenvalue weighted by Crippen LogP contribution is 2.70. The third-order valence-electron chi connectivity index (χ3n) is 4.63. The predicted octanol–water partition coefficient (Wildman–Crippen LogP) is 5.48. The van der Waals surface area contributed by atoms with Gasteiger partial charge in [0.1, 0.15) is 6.61 Å². The molecule has 0 aromatic heterocycles. The lowest BCUT2D eigenvalue weighted by Gasteiger charge is -2.40. The molecule has 34 heavy (non-hydrogen) atoms. The summed E-state index contributed by atoms with van der Waals surface area (Å²) in [5.41, 5.74) is -0.494. The fourth-order valence-corrected chi connectivity index (χ4v) is 8.05. The number of hydrogen-bond donors (Lipinski definition) is 1. The standard InChI is InChI=1S/C24H22F2O6S2/c1-19(23(27)28)17-31-18-24(25,26)34(29,30)32-33(20-11-5-2-6-12-20,21-13-7-3-8-14-21)22-15-9-4-10-16-22/h2-16H,1,17-18H2,(H,27,28). The molecule has 3 aromatic carbocycles. The van der Waals surface area contributed by atoms with E-state index in [2.05, 4.69) is 11.3 Å². The Morgan fingerprint density at radius 1 is 0.824 bits per heavy atom. The Morgan fingerprint density at radius 2 is 1.21 bits per heavy atom. The van der Waals surface area contributed by atoms with Crippen molar-refractivity contribution in [1.82, 2.24) is 0 Å². The molecule has 3 aromatic rings. The fraction of sp³-hybridized carbons (Fsp3) is 0.125. The molecule has 0 aliphatic carbocycles. The largest absolute Gasteiger partial charge is 0.478 e. The molecule has 0 saturated heterocycles. The van der Waals surface area contributed by atoms with E-state index in [9.17, 15) is 22.0 Å². The molecule has 10 heteroatoms. The van der Waals surface area contributed by atoms with Gasteiger partial charge in [-0.05, 0) is 46.7 Å². The molecule has 0 unspecified atom stereocenters. The third kappa shape index (κ3) is 5.36. The average Bonchev–Trinajstić information content (AvgIpc) is 2.84. The Kier molecular flexibility index (Phi) is 7.88. The topological polar surface area (TPSA) is 89.9 Å². The lowest BCUT2D eigenvalue weighted by molar-refractivity contribution is -0.133. The van der Waals surface area contributed by atoms with Crippen LogP contribution in [-0.4, -0.2) is 38.0 Å². The molecule has 0 atom stereocenters. The smallest absolute Gasteiger partial charge is 0.393 e. The molecule has 0 spiro atoms. The van der Waals surface area contributed by atoms with E-state index in [1.54, 1.807) is 91.0 Å². The van der Waals surface area contributed by atoms with E-state index in [-0.39, 0.29) is 0 Å². The maximum atomic E-state index is 14.9. The van der Waals surface area contributed by atoms with Gasteiger partial charge in [0, 0.05) is 14.7 Å². The summed E-state index contributed by atoms with van der Waals surface area (Å²) in [7, 11) is -8.74. The van der Waals surface area contributed by atoms with Gasteiger partial charge in [-0.15, -0.1) is 0 Å². The van der Waals surface area contributed by atoms with Crippen LogP contribution in [0.2, 0.25) is 0 Å². The fourth-order valence-electron chi connectivity index (χ4n) is 2.97. The molecule has 0 heterocycles. The molecule has 6 nitrogen and oxygen atoms in total. The molecule has 180 valence electrons. The second-order valence-electron chi connectivity index (χ2n) is 7.06. The lowest BCUT2D eigenvalue weighted by atomic mass is 10.3. The Labute approximate surface area is 198 Å². The molecular formula is C24H22F2O6S2. The summed E-state index contributed by atoms with van der Waals surface area (Å²) < 4.78 is 66.1. The first-order chi connectivity index (χ1) is 16.1. The van der Waals surface area contributed by atoms with Crippen molar-refractivity contribution >= 4 is 26.4 Å². The van der Waals surface area contributed by atoms with Crippen LogP contribution in [0.15, 0.2) is 118 Å². The Hall–Kier alpha value is -3.05. The minimum absolute atomic E-state index is 0.395. The van der Waals surface area contributed by atoms with Gasteiger partial charge in [0.15, 0.2) is 0 Å². The van der Waals surface area contributed by atoms with Crippen molar-refractivity contribution in [2.45, 2.75) is 19.9 Å². The molecule has 0 bridgehead atoms. The SMILES string of the molecule is C=C(COCC(F)(F)S(=O)(=O)OS(c1ccccc1)(c1ccccc1)c1ccccc1)C(=O)O. The highest BCUT2D eigenvalue weighted by molar-refractivity contribution is 8.33. The van der Waals surface area contributed by atoms with Crippen molar-refractivity contribution in [3.8, 4) is 0 Å². The predicted molar refractivity (Wildman–Crippen MR) is 124 cm³/mol. The minimum atomic E-state index is -5.58. The number of aliphatic carboxylic acids is 1. The Balaban J connectivity index is 2.10. The van der Waals surface area contributed by atoms with Crippen LogP contribution >= 0.6 is 10.3 Å². The van der Waals surface area contributed by atoms with E-state index >= 15 is 0 Å². The van der Waals surface area contributed by atoms with E-state index in [1.165, 1.54) is 0 Å². The second-order valence-corrected chi connectivity index (χ2v) is 11.6. The Bertz CT molecular complexity index is 1140. The minimum Gasteiger partial charge on any atom is -0.478 e. The van der Waals surface area contributed by atoms with E-state index < -0.39 is 50.4 Å². The van der Waals surface area contributed by atoms with Gasteiger partial charge in [0.05, 0.1) is 12.2 Å². The molecule has 3 rings (SSSR count). The quantitative estimate of drug-likeness (QED) is 0.345. The maximum Gasteiger partial charge on any atom is 0.393 e. The molecule has 0 amide bonds. The first-order valence-corrected chi connectivity index (χ1v) is 12.9. The molecule has 0 aliphatic heterocycles. The summed E-state index contributed by atoms with van der Waals surface area (Å²) in [6.07, 6.45) is 0. The van der Waals surface area contributed by atoms with Crippen molar-refractivity contribution in [3.05, 3.63) is 103 Å². The maximum absolute atomic E-state index is 14.9. The van der Waals surface area contributed by atoms with E-state index in [4.69, 9.17) is 8.74 Å². The number of carbonyl (C=O) groups is 1. The zero-order valence-electron chi connectivity index (χ0n) is 17.8. The first-order valence-electron chi connectivity index (χ1n) is 9.91. The summed E-state index contributed by atoms with van der Waals surface area (Å²) in [5.74, 6) is -1.44. The summed E-state index contributed by atoms with van der Waals surface area (Å²) >= 11 is 0. The average molecular weight is 509 g/mol. The van der Waals surface area contributed by atoms with Crippen LogP contribution in [-0.2, 0) is 23.3 Å². The molecule has 0 radical (unpaired) electrons. The second kappa shape index (κ2) is 10.5. The van der Waals surface area contributed by atoms with Crippen molar-refractivity contribution in [2.24, 2.45) is 0 Å². The van der Waals surface area contributed by atoms with Gasteiger partial charge < -0.3 is 9.84 Å². The first kappa shape index (κ1) is 25.6. The molecular weight excluding hydrogens is 486 g/mol. The monoisotopic (exact) mass is 508 g/mol. The van der Waals surface area contributed by atoms with E-state index in [0.29, 0.717) is 14.7 Å². The molecule has 0 aliphatic rings. The lowest BCUT2D eigenvalue weighted by Crippen LogP contribution is -2.36. The van der Waals surface area contributed by atoms with Crippen LogP contribution in [0.5, 0.6) is 0 Å². The van der Waals surface area contributed by atoms with Crippen LogP contribution in [0.25, 0.3) is 0 Å². The summed E-state index contributed by atoms with van der Waals surface area (Å²) in [4.78, 5) is 12.0. The molecule has 1 N–H and O–H groups in total. The summed E-state index contributed by atoms with van der Waals surface area (Å²) in [6, 6.07) is 24.9. The van der Waals surface area contributed by atoms with Gasteiger partial charge in [-0.2, -0.15) is 17.2 Å². The highest BCUT2D eigenvalue weighted by atomic mass is 32.3. The summed E-state index contributed by atoms with van der Waals surface area (Å²) in [6.45, 7) is 0.797. The summed E-state index contributed by atoms with van der Waals surface area (Å²) in [5, 5.41) is 4.33. The van der Waals surface area contributed by atoms with Gasteiger partial charge in [-0.25, -0.2) is 8.42 Å². The van der Waals surface area contributed by atoms with Crippen molar-refractivity contribution < 1.29 is 35.5 Å². The van der Waals surface area contributed by atoms with Crippen molar-refractivity contribution in [3.63, 3.8) is 0 Å². The number of ether oxygens (including phenoxy) is 1. The number of benzene rings is 3. The van der Waals surface area contributed by atoms with Crippen LogP contribution in [0, 0.1) is 0 Å². The van der Waals surface area contributed by atoms with Gasteiger partial charge in [0.2, 0.25) is 0 Å². The zero-order chi connectivity index (χ0) is 24.8. The normalized spacial score (nSPS) is 12.8. The zero-order valence-corrected chi connectivity index (χ0v) is 19.5. The van der Waals surface area contributed by atoms with Gasteiger partial charge >= 0.3 is 21.3 Å². The van der Waals surface area contributed by atoms with E-state index in [0.717, 1.165) is 0 Å². The van der Waals surface area contributed by atoms with E-state index in [1.807, 2.05) is 0 Å². The number of carboxylic acid groups (broad SMARTS) is 1. The van der Waals surface area contributed by atoms with Gasteiger partial charge in [0.25, 0.3) is 0 Å². The number of alkyl halides is 2. The van der Waals surface area contributed by atoms with Crippen LogP contribution in [0.4, 0.5) is 8.78 Å². The van der Waals surface area contributed by atoms with Crippen LogP contribution in [0.1, 0.15) is 0 Å². The molecule has 0 fully saturated rings. The highest BCUT2D eigenvalue weighted by Gasteiger charge is 2.51. The number of carboxylic acids is 1. The third-order valence-corrected chi connectivity index (χ3v) is 9.82. The van der Waals surface area contributed by atoms with Crippen molar-refractivity contribution in [1.29, 1.82) is 0 Å². The Morgan fingerprint density at radius 3 is 1.56 bits per heavy atom. The van der Waals surface area contributed by atoms with Crippen LogP contribution in [0.3, 0.4) is 0 Å². The van der Waals surface area contributed by atoms with Crippen LogP contribution < -0.4 is 0 Å². The number of hydrogen-bond acceptors (Lipinski definition) is 5. The van der Waals surface area contributed by atoms with Gasteiger partial charge in [-0.3, -0.25) is 0 Å². The van der Waals surface area contributed by atoms with Crippen molar-refractivity contribution in [2.75, 3.05) is 13.2 Å².